The van der Waals surface area contributed by atoms with Crippen molar-refractivity contribution in [1.82, 2.24) is 0 Å². The Labute approximate surface area is 136 Å². The molecule has 2 fully saturated rings. The number of ether oxygens (including phenoxy) is 2. The van der Waals surface area contributed by atoms with Gasteiger partial charge < -0.3 is 9.47 Å². The van der Waals surface area contributed by atoms with Crippen LogP contribution in [0.3, 0.4) is 0 Å². The third-order valence-corrected chi connectivity index (χ3v) is 5.66. The van der Waals surface area contributed by atoms with E-state index in [9.17, 15) is 4.79 Å². The Hall–Kier alpha value is -0.730. The quantitative estimate of drug-likeness (QED) is 0.589. The van der Waals surface area contributed by atoms with Crippen molar-refractivity contribution >= 4 is 6.16 Å². The van der Waals surface area contributed by atoms with Crippen molar-refractivity contribution in [1.29, 1.82) is 0 Å². The molecule has 0 aliphatic heterocycles. The molecule has 0 spiro atoms. The average molecular weight is 310 g/mol. The van der Waals surface area contributed by atoms with Crippen molar-refractivity contribution in [2.24, 2.45) is 17.8 Å². The first-order valence-electron chi connectivity index (χ1n) is 9.56. The fraction of sp³-hybridized carbons (Fsp3) is 0.947. The molecule has 0 N–H and O–H groups in total. The Bertz CT molecular complexity index is 313. The summed E-state index contributed by atoms with van der Waals surface area (Å²) >= 11 is 0. The number of hydrogen-bond acceptors (Lipinski definition) is 3. The summed E-state index contributed by atoms with van der Waals surface area (Å²) in [5, 5.41) is 0. The highest BCUT2D eigenvalue weighted by atomic mass is 16.7. The SMILES string of the molecule is CCCOC(=O)OC1CCC(C2CCC(CCC)CC2)CC1. The fourth-order valence-corrected chi connectivity index (χ4v) is 4.39. The van der Waals surface area contributed by atoms with Crippen LogP contribution in [-0.2, 0) is 9.47 Å². The van der Waals surface area contributed by atoms with Crippen LogP contribution in [0.15, 0.2) is 0 Å². The molecule has 0 aromatic carbocycles. The highest BCUT2D eigenvalue weighted by Crippen LogP contribution is 2.41. The predicted octanol–water partition coefficient (Wildman–Crippen LogP) is 5.71. The lowest BCUT2D eigenvalue weighted by molar-refractivity contribution is -0.000364. The molecular formula is C19H34O3. The van der Waals surface area contributed by atoms with E-state index >= 15 is 0 Å². The third kappa shape index (κ3) is 5.48. The van der Waals surface area contributed by atoms with Gasteiger partial charge in [0.15, 0.2) is 0 Å². The zero-order valence-electron chi connectivity index (χ0n) is 14.5. The van der Waals surface area contributed by atoms with Crippen LogP contribution in [0.4, 0.5) is 4.79 Å². The van der Waals surface area contributed by atoms with E-state index in [0.29, 0.717) is 6.61 Å². The van der Waals surface area contributed by atoms with Crippen molar-refractivity contribution in [2.45, 2.75) is 90.6 Å². The maximum absolute atomic E-state index is 11.5. The van der Waals surface area contributed by atoms with Gasteiger partial charge in [-0.2, -0.15) is 0 Å². The van der Waals surface area contributed by atoms with Crippen LogP contribution in [0.2, 0.25) is 0 Å². The second-order valence-electron chi connectivity index (χ2n) is 7.32. The minimum absolute atomic E-state index is 0.0945. The van der Waals surface area contributed by atoms with E-state index in [1.807, 2.05) is 6.92 Å². The van der Waals surface area contributed by atoms with Crippen molar-refractivity contribution < 1.29 is 14.3 Å². The maximum Gasteiger partial charge on any atom is 0.508 e. The van der Waals surface area contributed by atoms with Gasteiger partial charge in [-0.3, -0.25) is 0 Å². The normalized spacial score (nSPS) is 32.5. The van der Waals surface area contributed by atoms with Crippen molar-refractivity contribution in [3.8, 4) is 0 Å². The van der Waals surface area contributed by atoms with E-state index in [1.54, 1.807) is 0 Å². The van der Waals surface area contributed by atoms with Crippen LogP contribution < -0.4 is 0 Å². The molecule has 2 rings (SSSR count). The van der Waals surface area contributed by atoms with E-state index in [-0.39, 0.29) is 6.10 Å². The topological polar surface area (TPSA) is 35.5 Å². The van der Waals surface area contributed by atoms with Gasteiger partial charge in [0.1, 0.15) is 6.10 Å². The summed E-state index contributed by atoms with van der Waals surface area (Å²) in [5.41, 5.74) is 0. The third-order valence-electron chi connectivity index (χ3n) is 5.66. The molecule has 2 aliphatic carbocycles. The second kappa shape index (κ2) is 9.42. The van der Waals surface area contributed by atoms with Crippen LogP contribution in [-0.4, -0.2) is 18.9 Å². The highest BCUT2D eigenvalue weighted by molar-refractivity contribution is 5.60. The van der Waals surface area contributed by atoms with Crippen LogP contribution in [0, 0.1) is 17.8 Å². The van der Waals surface area contributed by atoms with Crippen LogP contribution in [0.25, 0.3) is 0 Å². The molecule has 0 bridgehead atoms. The molecule has 0 unspecified atom stereocenters. The summed E-state index contributed by atoms with van der Waals surface area (Å²) in [6, 6.07) is 0. The largest absolute Gasteiger partial charge is 0.508 e. The number of carbonyl (C=O) groups excluding carboxylic acids is 1. The lowest BCUT2D eigenvalue weighted by Crippen LogP contribution is -2.30. The monoisotopic (exact) mass is 310 g/mol. The predicted molar refractivity (Wildman–Crippen MR) is 88.8 cm³/mol. The van der Waals surface area contributed by atoms with Gasteiger partial charge in [-0.05, 0) is 62.7 Å². The number of hydrogen-bond donors (Lipinski definition) is 0. The average Bonchev–Trinajstić information content (AvgIpc) is 2.55. The molecule has 3 heteroatoms. The zero-order valence-corrected chi connectivity index (χ0v) is 14.5. The van der Waals surface area contributed by atoms with Crippen LogP contribution in [0.5, 0.6) is 0 Å². The van der Waals surface area contributed by atoms with Crippen molar-refractivity contribution in [3.05, 3.63) is 0 Å². The first-order chi connectivity index (χ1) is 10.7. The summed E-state index contributed by atoms with van der Waals surface area (Å²) in [6.45, 7) is 4.77. The first-order valence-corrected chi connectivity index (χ1v) is 9.56. The molecule has 2 saturated carbocycles. The van der Waals surface area contributed by atoms with E-state index in [4.69, 9.17) is 9.47 Å². The molecular weight excluding hydrogens is 276 g/mol. The molecule has 22 heavy (non-hydrogen) atoms. The molecule has 2 aliphatic rings. The van der Waals surface area contributed by atoms with Gasteiger partial charge >= 0.3 is 6.16 Å². The minimum atomic E-state index is -0.467. The zero-order chi connectivity index (χ0) is 15.8. The Morgan fingerprint density at radius 1 is 0.864 bits per heavy atom. The summed E-state index contributed by atoms with van der Waals surface area (Å²) < 4.78 is 10.4. The Balaban J connectivity index is 1.64. The van der Waals surface area contributed by atoms with Crippen molar-refractivity contribution in [2.75, 3.05) is 6.61 Å². The second-order valence-corrected chi connectivity index (χ2v) is 7.32. The lowest BCUT2D eigenvalue weighted by Gasteiger charge is -2.37. The van der Waals surface area contributed by atoms with Crippen molar-refractivity contribution in [3.63, 3.8) is 0 Å². The van der Waals surface area contributed by atoms with Gasteiger partial charge in [0.05, 0.1) is 6.61 Å². The van der Waals surface area contributed by atoms with Gasteiger partial charge in [0.2, 0.25) is 0 Å². The molecule has 3 nitrogen and oxygen atoms in total. The van der Waals surface area contributed by atoms with Gasteiger partial charge in [-0.25, -0.2) is 4.79 Å². The molecule has 128 valence electrons. The molecule has 0 saturated heterocycles. The standard InChI is InChI=1S/C19H34O3/c1-3-5-15-6-8-16(9-7-15)17-10-12-18(13-11-17)22-19(20)21-14-4-2/h15-18H,3-14H2,1-2H3. The molecule has 0 aromatic rings. The first kappa shape index (κ1) is 17.6. The number of rotatable bonds is 6. The summed E-state index contributed by atoms with van der Waals surface area (Å²) in [6.07, 6.45) is 13.5. The highest BCUT2D eigenvalue weighted by Gasteiger charge is 2.31. The Morgan fingerprint density at radius 2 is 1.45 bits per heavy atom. The van der Waals surface area contributed by atoms with Crippen LogP contribution in [0.1, 0.15) is 84.5 Å². The lowest BCUT2D eigenvalue weighted by atomic mass is 9.70. The van der Waals surface area contributed by atoms with Gasteiger partial charge in [0.25, 0.3) is 0 Å². The number of carbonyl (C=O) groups is 1. The van der Waals surface area contributed by atoms with E-state index in [1.165, 1.54) is 51.4 Å². The van der Waals surface area contributed by atoms with E-state index in [2.05, 4.69) is 6.92 Å². The molecule has 0 heterocycles. The smallest absolute Gasteiger partial charge is 0.434 e. The Kier molecular flexibility index (Phi) is 7.54. The molecule has 0 atom stereocenters. The Morgan fingerprint density at radius 3 is 2.00 bits per heavy atom. The summed E-state index contributed by atoms with van der Waals surface area (Å²) in [5.74, 6) is 2.80. The summed E-state index contributed by atoms with van der Waals surface area (Å²) in [4.78, 5) is 11.5. The minimum Gasteiger partial charge on any atom is -0.434 e. The van der Waals surface area contributed by atoms with Crippen LogP contribution >= 0.6 is 0 Å². The van der Waals surface area contributed by atoms with Gasteiger partial charge in [-0.15, -0.1) is 0 Å². The molecule has 0 amide bonds. The van der Waals surface area contributed by atoms with Gasteiger partial charge in [0, 0.05) is 0 Å². The molecule has 0 radical (unpaired) electrons. The maximum atomic E-state index is 11.5. The van der Waals surface area contributed by atoms with E-state index < -0.39 is 6.16 Å². The van der Waals surface area contributed by atoms with Gasteiger partial charge in [-0.1, -0.05) is 39.5 Å². The fourth-order valence-electron chi connectivity index (χ4n) is 4.39. The van der Waals surface area contributed by atoms with E-state index in [0.717, 1.165) is 37.0 Å². The summed E-state index contributed by atoms with van der Waals surface area (Å²) in [7, 11) is 0. The molecule has 0 aromatic heterocycles.